The summed E-state index contributed by atoms with van der Waals surface area (Å²) in [5, 5.41) is 12.9. The maximum atomic E-state index is 8.82. The van der Waals surface area contributed by atoms with Crippen LogP contribution in [0.1, 0.15) is 43.5 Å². The fraction of sp³-hybridized carbons (Fsp3) is 0.438. The van der Waals surface area contributed by atoms with Crippen LogP contribution in [0.4, 0.5) is 0 Å². The Kier molecular flexibility index (Phi) is 3.72. The first-order chi connectivity index (χ1) is 10.3. The van der Waals surface area contributed by atoms with Gasteiger partial charge in [0, 0.05) is 12.7 Å². The van der Waals surface area contributed by atoms with Crippen LogP contribution >= 0.6 is 0 Å². The molecular weight excluding hydrogens is 266 g/mol. The molecule has 1 fully saturated rings. The predicted molar refractivity (Wildman–Crippen MR) is 76.2 cm³/mol. The van der Waals surface area contributed by atoms with E-state index < -0.39 is 5.60 Å². The molecule has 21 heavy (non-hydrogen) atoms. The first-order valence-electron chi connectivity index (χ1n) is 7.17. The summed E-state index contributed by atoms with van der Waals surface area (Å²) in [6, 6.07) is 9.21. The summed E-state index contributed by atoms with van der Waals surface area (Å²) in [6.45, 7) is 0. The third kappa shape index (κ3) is 2.55. The van der Waals surface area contributed by atoms with Crippen LogP contribution in [0.25, 0.3) is 11.5 Å². The zero-order chi connectivity index (χ0) is 14.7. The summed E-state index contributed by atoms with van der Waals surface area (Å²) < 4.78 is 11.1. The van der Waals surface area contributed by atoms with Gasteiger partial charge in [-0.2, -0.15) is 10.2 Å². The molecular formula is C16H17N3O2. The number of hydrogen-bond donors (Lipinski definition) is 0. The van der Waals surface area contributed by atoms with Crippen molar-refractivity contribution < 1.29 is 9.26 Å². The van der Waals surface area contributed by atoms with E-state index in [2.05, 4.69) is 16.2 Å². The SMILES string of the molecule is COC1(c2noc(-c3ccc(C#N)cc3)n2)CCCCC1. The minimum atomic E-state index is -0.410. The molecule has 1 heterocycles. The lowest BCUT2D eigenvalue weighted by molar-refractivity contribution is -0.0527. The molecule has 0 bridgehead atoms. The van der Waals surface area contributed by atoms with Crippen LogP contribution in [0.2, 0.25) is 0 Å². The Morgan fingerprint density at radius 3 is 2.52 bits per heavy atom. The summed E-state index contributed by atoms with van der Waals surface area (Å²) in [5.41, 5.74) is 1.01. The second kappa shape index (κ2) is 5.66. The first-order valence-corrected chi connectivity index (χ1v) is 7.17. The molecule has 0 radical (unpaired) electrons. The molecule has 0 amide bonds. The molecule has 5 nitrogen and oxygen atoms in total. The van der Waals surface area contributed by atoms with Gasteiger partial charge in [-0.3, -0.25) is 0 Å². The van der Waals surface area contributed by atoms with Crippen molar-refractivity contribution in [2.75, 3.05) is 7.11 Å². The zero-order valence-corrected chi connectivity index (χ0v) is 12.0. The lowest BCUT2D eigenvalue weighted by Gasteiger charge is -2.32. The third-order valence-corrected chi connectivity index (χ3v) is 4.15. The molecule has 0 unspecified atom stereocenters. The van der Waals surface area contributed by atoms with Gasteiger partial charge in [-0.25, -0.2) is 0 Å². The molecule has 0 aliphatic heterocycles. The minimum absolute atomic E-state index is 0.410. The van der Waals surface area contributed by atoms with Crippen molar-refractivity contribution in [3.63, 3.8) is 0 Å². The van der Waals surface area contributed by atoms with Gasteiger partial charge in [-0.1, -0.05) is 24.4 Å². The topological polar surface area (TPSA) is 71.9 Å². The molecule has 1 saturated carbocycles. The van der Waals surface area contributed by atoms with Crippen molar-refractivity contribution in [2.45, 2.75) is 37.7 Å². The largest absolute Gasteiger partial charge is 0.370 e. The lowest BCUT2D eigenvalue weighted by atomic mass is 9.84. The maximum Gasteiger partial charge on any atom is 0.258 e. The second-order valence-electron chi connectivity index (χ2n) is 5.37. The molecule has 0 atom stereocenters. The number of hydrogen-bond acceptors (Lipinski definition) is 5. The quantitative estimate of drug-likeness (QED) is 0.863. The van der Waals surface area contributed by atoms with Crippen LogP contribution in [0.3, 0.4) is 0 Å². The van der Waals surface area contributed by atoms with Gasteiger partial charge in [0.25, 0.3) is 5.89 Å². The zero-order valence-electron chi connectivity index (χ0n) is 12.0. The van der Waals surface area contributed by atoms with Crippen LogP contribution in [0.5, 0.6) is 0 Å². The number of nitriles is 1. The Labute approximate surface area is 123 Å². The van der Waals surface area contributed by atoms with E-state index in [4.69, 9.17) is 14.5 Å². The highest BCUT2D eigenvalue weighted by molar-refractivity contribution is 5.54. The molecule has 108 valence electrons. The smallest absolute Gasteiger partial charge is 0.258 e. The Hall–Kier alpha value is -2.19. The van der Waals surface area contributed by atoms with Gasteiger partial charge in [-0.15, -0.1) is 0 Å². The van der Waals surface area contributed by atoms with E-state index in [0.717, 1.165) is 31.2 Å². The minimum Gasteiger partial charge on any atom is -0.370 e. The van der Waals surface area contributed by atoms with E-state index in [1.54, 1.807) is 19.2 Å². The number of rotatable bonds is 3. The average Bonchev–Trinajstić information content (AvgIpc) is 3.06. The Morgan fingerprint density at radius 1 is 1.19 bits per heavy atom. The fourth-order valence-corrected chi connectivity index (χ4v) is 2.86. The summed E-state index contributed by atoms with van der Waals surface area (Å²) >= 11 is 0. The summed E-state index contributed by atoms with van der Waals surface area (Å²) in [6.07, 6.45) is 5.32. The number of nitrogens with zero attached hydrogens (tertiary/aromatic N) is 3. The monoisotopic (exact) mass is 283 g/mol. The van der Waals surface area contributed by atoms with E-state index in [1.807, 2.05) is 12.1 Å². The average molecular weight is 283 g/mol. The molecule has 0 spiro atoms. The van der Waals surface area contributed by atoms with E-state index in [0.29, 0.717) is 17.3 Å². The van der Waals surface area contributed by atoms with Crippen LogP contribution in [-0.4, -0.2) is 17.3 Å². The lowest BCUT2D eigenvalue weighted by Crippen LogP contribution is -2.32. The number of aromatic nitrogens is 2. The van der Waals surface area contributed by atoms with Crippen molar-refractivity contribution >= 4 is 0 Å². The fourth-order valence-electron chi connectivity index (χ4n) is 2.86. The number of methoxy groups -OCH3 is 1. The standard InChI is InChI=1S/C16H17N3O2/c1-20-16(9-3-2-4-10-16)15-18-14(21-19-15)13-7-5-12(11-17)6-8-13/h5-8H,2-4,9-10H2,1H3. The van der Waals surface area contributed by atoms with Gasteiger partial charge in [0.2, 0.25) is 5.82 Å². The molecule has 1 aromatic heterocycles. The highest BCUT2D eigenvalue weighted by atomic mass is 16.5. The first kappa shape index (κ1) is 13.8. The van der Waals surface area contributed by atoms with E-state index in [1.165, 1.54) is 6.42 Å². The van der Waals surface area contributed by atoms with Gasteiger partial charge in [0.05, 0.1) is 11.6 Å². The van der Waals surface area contributed by atoms with Gasteiger partial charge in [0.15, 0.2) is 0 Å². The van der Waals surface area contributed by atoms with Crippen molar-refractivity contribution in [3.8, 4) is 17.5 Å². The van der Waals surface area contributed by atoms with Crippen molar-refractivity contribution in [1.29, 1.82) is 5.26 Å². The molecule has 3 rings (SSSR count). The molecule has 5 heteroatoms. The van der Waals surface area contributed by atoms with E-state index in [9.17, 15) is 0 Å². The van der Waals surface area contributed by atoms with Crippen molar-refractivity contribution in [2.24, 2.45) is 0 Å². The summed E-state index contributed by atoms with van der Waals surface area (Å²) in [5.74, 6) is 1.10. The Morgan fingerprint density at radius 2 is 1.90 bits per heavy atom. The maximum absolute atomic E-state index is 8.82. The summed E-state index contributed by atoms with van der Waals surface area (Å²) in [4.78, 5) is 4.52. The number of ether oxygens (including phenoxy) is 1. The molecule has 0 saturated heterocycles. The molecule has 1 aliphatic rings. The number of benzene rings is 1. The molecule has 2 aromatic rings. The van der Waals surface area contributed by atoms with Gasteiger partial charge in [0.1, 0.15) is 5.60 Å². The molecule has 0 N–H and O–H groups in total. The Bertz CT molecular complexity index is 649. The summed E-state index contributed by atoms with van der Waals surface area (Å²) in [7, 11) is 1.71. The van der Waals surface area contributed by atoms with Gasteiger partial charge in [-0.05, 0) is 37.1 Å². The normalized spacial score (nSPS) is 17.3. The highest BCUT2D eigenvalue weighted by Crippen LogP contribution is 2.39. The van der Waals surface area contributed by atoms with Crippen LogP contribution in [0.15, 0.2) is 28.8 Å². The Balaban J connectivity index is 1.90. The molecule has 1 aliphatic carbocycles. The van der Waals surface area contributed by atoms with Crippen molar-refractivity contribution in [1.82, 2.24) is 10.1 Å². The van der Waals surface area contributed by atoms with Gasteiger partial charge >= 0.3 is 0 Å². The van der Waals surface area contributed by atoms with E-state index >= 15 is 0 Å². The van der Waals surface area contributed by atoms with E-state index in [-0.39, 0.29) is 0 Å². The molecule has 1 aromatic carbocycles. The third-order valence-electron chi connectivity index (χ3n) is 4.15. The van der Waals surface area contributed by atoms with Crippen LogP contribution in [0, 0.1) is 11.3 Å². The highest BCUT2D eigenvalue weighted by Gasteiger charge is 2.38. The van der Waals surface area contributed by atoms with Crippen molar-refractivity contribution in [3.05, 3.63) is 35.7 Å². The van der Waals surface area contributed by atoms with Gasteiger partial charge < -0.3 is 9.26 Å². The van der Waals surface area contributed by atoms with Crippen LogP contribution < -0.4 is 0 Å². The second-order valence-corrected chi connectivity index (χ2v) is 5.37. The van der Waals surface area contributed by atoms with Crippen LogP contribution in [-0.2, 0) is 10.3 Å². The predicted octanol–water partition coefficient (Wildman–Crippen LogP) is 3.41.